The van der Waals surface area contributed by atoms with E-state index >= 15 is 0 Å². The number of methoxy groups -OCH3 is 1. The number of hydrogen-bond acceptors (Lipinski definition) is 2. The van der Waals surface area contributed by atoms with E-state index < -0.39 is 0 Å². The first kappa shape index (κ1) is 17.5. The van der Waals surface area contributed by atoms with E-state index in [0.717, 1.165) is 31.1 Å². The van der Waals surface area contributed by atoms with E-state index in [1.54, 1.807) is 7.11 Å². The van der Waals surface area contributed by atoms with Crippen LogP contribution in [-0.4, -0.2) is 26.8 Å². The van der Waals surface area contributed by atoms with Gasteiger partial charge in [0.2, 0.25) is 0 Å². The molecule has 1 rings (SSSR count). The summed E-state index contributed by atoms with van der Waals surface area (Å²) in [6.45, 7) is 9.65. The third-order valence-electron chi connectivity index (χ3n) is 3.68. The first-order valence-electron chi connectivity index (χ1n) is 7.49. The Labute approximate surface area is 128 Å². The predicted molar refractivity (Wildman–Crippen MR) is 87.6 cm³/mol. The van der Waals surface area contributed by atoms with Crippen molar-refractivity contribution in [3.8, 4) is 0 Å². The first-order chi connectivity index (χ1) is 9.54. The highest BCUT2D eigenvalue weighted by Gasteiger charge is 2.19. The van der Waals surface area contributed by atoms with Crippen molar-refractivity contribution < 1.29 is 4.74 Å². The van der Waals surface area contributed by atoms with Crippen molar-refractivity contribution in [1.82, 2.24) is 5.32 Å². The fourth-order valence-electron chi connectivity index (χ4n) is 2.39. The summed E-state index contributed by atoms with van der Waals surface area (Å²) < 4.78 is 5.22. The summed E-state index contributed by atoms with van der Waals surface area (Å²) in [5.74, 6) is 1.76. The Bertz CT molecular complexity index is 364. The minimum atomic E-state index is 0.501. The normalized spacial score (nSPS) is 14.5. The van der Waals surface area contributed by atoms with E-state index in [1.807, 2.05) is 12.1 Å². The number of ether oxygens (including phenoxy) is 1. The highest BCUT2D eigenvalue weighted by Crippen LogP contribution is 2.27. The van der Waals surface area contributed by atoms with E-state index in [0.29, 0.717) is 17.8 Å². The molecular weight excluding hydrogens is 270 g/mol. The molecule has 1 N–H and O–H groups in total. The van der Waals surface area contributed by atoms with Crippen LogP contribution in [0, 0.1) is 11.8 Å². The van der Waals surface area contributed by atoms with Crippen LogP contribution in [0.5, 0.6) is 0 Å². The second-order valence-electron chi connectivity index (χ2n) is 5.97. The standard InChI is InChI=1S/C17H28ClNO/c1-13(2)11-19-12-17(14(3)9-10-20-4)15-5-7-16(18)8-6-15/h5-8,13-14,17,19H,9-12H2,1-4H3. The number of hydrogen-bond donors (Lipinski definition) is 1. The maximum atomic E-state index is 5.99. The molecule has 0 fully saturated rings. The van der Waals surface area contributed by atoms with Gasteiger partial charge >= 0.3 is 0 Å². The highest BCUT2D eigenvalue weighted by atomic mass is 35.5. The molecule has 0 radical (unpaired) electrons. The number of rotatable bonds is 9. The molecule has 0 saturated carbocycles. The number of nitrogens with one attached hydrogen (secondary N) is 1. The average molecular weight is 298 g/mol. The zero-order chi connectivity index (χ0) is 15.0. The third-order valence-corrected chi connectivity index (χ3v) is 3.93. The lowest BCUT2D eigenvalue weighted by atomic mass is 9.85. The summed E-state index contributed by atoms with van der Waals surface area (Å²) in [6.07, 6.45) is 1.08. The molecule has 2 nitrogen and oxygen atoms in total. The van der Waals surface area contributed by atoms with Crippen molar-refractivity contribution in [2.45, 2.75) is 33.1 Å². The molecule has 0 aliphatic heterocycles. The predicted octanol–water partition coefficient (Wildman–Crippen LogP) is 4.34. The van der Waals surface area contributed by atoms with Crippen LogP contribution in [0.2, 0.25) is 5.02 Å². The van der Waals surface area contributed by atoms with Crippen molar-refractivity contribution >= 4 is 11.6 Å². The van der Waals surface area contributed by atoms with E-state index in [4.69, 9.17) is 16.3 Å². The minimum Gasteiger partial charge on any atom is -0.385 e. The van der Waals surface area contributed by atoms with Gasteiger partial charge in [-0.3, -0.25) is 0 Å². The van der Waals surface area contributed by atoms with Crippen LogP contribution in [0.15, 0.2) is 24.3 Å². The van der Waals surface area contributed by atoms with Gasteiger partial charge < -0.3 is 10.1 Å². The van der Waals surface area contributed by atoms with Gasteiger partial charge in [0.25, 0.3) is 0 Å². The van der Waals surface area contributed by atoms with Crippen molar-refractivity contribution in [2.24, 2.45) is 11.8 Å². The van der Waals surface area contributed by atoms with Crippen molar-refractivity contribution in [2.75, 3.05) is 26.8 Å². The third kappa shape index (κ3) is 6.25. The van der Waals surface area contributed by atoms with E-state index in [9.17, 15) is 0 Å². The summed E-state index contributed by atoms with van der Waals surface area (Å²) in [5, 5.41) is 4.38. The maximum absolute atomic E-state index is 5.99. The quantitative estimate of drug-likeness (QED) is 0.732. The van der Waals surface area contributed by atoms with Crippen LogP contribution in [0.1, 0.15) is 38.7 Å². The summed E-state index contributed by atoms with van der Waals surface area (Å²) in [6, 6.07) is 8.26. The number of benzene rings is 1. The Hall–Kier alpha value is -0.570. The number of halogens is 1. The molecular formula is C17H28ClNO. The molecule has 0 amide bonds. The lowest BCUT2D eigenvalue weighted by Gasteiger charge is -2.25. The molecule has 0 heterocycles. The Morgan fingerprint density at radius 1 is 1.10 bits per heavy atom. The fraction of sp³-hybridized carbons (Fsp3) is 0.647. The largest absolute Gasteiger partial charge is 0.385 e. The van der Waals surface area contributed by atoms with Crippen LogP contribution in [0.4, 0.5) is 0 Å². The topological polar surface area (TPSA) is 21.3 Å². The Morgan fingerprint density at radius 3 is 2.30 bits per heavy atom. The van der Waals surface area contributed by atoms with Crippen LogP contribution < -0.4 is 5.32 Å². The van der Waals surface area contributed by atoms with Crippen LogP contribution in [0.25, 0.3) is 0 Å². The lowest BCUT2D eigenvalue weighted by Crippen LogP contribution is -2.29. The molecule has 2 unspecified atom stereocenters. The Kier molecular flexibility index (Phi) is 8.20. The molecule has 0 aromatic heterocycles. The van der Waals surface area contributed by atoms with Crippen molar-refractivity contribution in [1.29, 1.82) is 0 Å². The van der Waals surface area contributed by atoms with E-state index in [2.05, 4.69) is 38.2 Å². The monoisotopic (exact) mass is 297 g/mol. The summed E-state index contributed by atoms with van der Waals surface area (Å²) in [5.41, 5.74) is 1.36. The molecule has 20 heavy (non-hydrogen) atoms. The van der Waals surface area contributed by atoms with Gasteiger partial charge in [0.15, 0.2) is 0 Å². The van der Waals surface area contributed by atoms with E-state index in [-0.39, 0.29) is 0 Å². The second kappa shape index (κ2) is 9.38. The van der Waals surface area contributed by atoms with Gasteiger partial charge in [0.05, 0.1) is 0 Å². The Balaban J connectivity index is 2.69. The van der Waals surface area contributed by atoms with E-state index in [1.165, 1.54) is 5.56 Å². The van der Waals surface area contributed by atoms with Crippen LogP contribution >= 0.6 is 11.6 Å². The average Bonchev–Trinajstić information content (AvgIpc) is 2.42. The van der Waals surface area contributed by atoms with Gasteiger partial charge in [-0.25, -0.2) is 0 Å². The molecule has 0 bridgehead atoms. The zero-order valence-electron chi connectivity index (χ0n) is 13.2. The molecule has 2 atom stereocenters. The summed E-state index contributed by atoms with van der Waals surface area (Å²) in [4.78, 5) is 0. The highest BCUT2D eigenvalue weighted by molar-refractivity contribution is 6.30. The zero-order valence-corrected chi connectivity index (χ0v) is 13.9. The molecule has 0 aliphatic carbocycles. The smallest absolute Gasteiger partial charge is 0.0465 e. The molecule has 114 valence electrons. The molecule has 0 spiro atoms. The Morgan fingerprint density at radius 2 is 1.75 bits per heavy atom. The summed E-state index contributed by atoms with van der Waals surface area (Å²) >= 11 is 5.99. The molecule has 0 aliphatic rings. The lowest BCUT2D eigenvalue weighted by molar-refractivity contribution is 0.173. The summed E-state index contributed by atoms with van der Waals surface area (Å²) in [7, 11) is 1.76. The fourth-order valence-corrected chi connectivity index (χ4v) is 2.52. The van der Waals surface area contributed by atoms with Crippen LogP contribution in [0.3, 0.4) is 0 Å². The van der Waals surface area contributed by atoms with Gasteiger partial charge in [-0.15, -0.1) is 0 Å². The van der Waals surface area contributed by atoms with Gasteiger partial charge in [-0.05, 0) is 48.4 Å². The van der Waals surface area contributed by atoms with Gasteiger partial charge in [-0.2, -0.15) is 0 Å². The SMILES string of the molecule is COCCC(C)C(CNCC(C)C)c1ccc(Cl)cc1. The van der Waals surface area contributed by atoms with Gasteiger partial charge in [0, 0.05) is 25.3 Å². The van der Waals surface area contributed by atoms with Gasteiger partial charge in [0.1, 0.15) is 0 Å². The molecule has 0 saturated heterocycles. The maximum Gasteiger partial charge on any atom is 0.0465 e. The first-order valence-corrected chi connectivity index (χ1v) is 7.87. The van der Waals surface area contributed by atoms with Crippen molar-refractivity contribution in [3.05, 3.63) is 34.9 Å². The minimum absolute atomic E-state index is 0.501. The van der Waals surface area contributed by atoms with Gasteiger partial charge in [-0.1, -0.05) is 44.5 Å². The second-order valence-corrected chi connectivity index (χ2v) is 6.41. The molecule has 1 aromatic carbocycles. The molecule has 3 heteroatoms. The van der Waals surface area contributed by atoms with Crippen LogP contribution in [-0.2, 0) is 4.74 Å². The van der Waals surface area contributed by atoms with Crippen molar-refractivity contribution in [3.63, 3.8) is 0 Å². The molecule has 1 aromatic rings.